The standard InChI is InChI=1S/C20H21N3O2/c1-13-5-6-16-15(12-25-19(16)8-13)9-20(24)23-7-3-4-18(23)17-11-21-10-14(2)22-17/h5-6,8,10-12,18H,3-4,7,9H2,1-2H3/t18-/m0/s1. The fraction of sp³-hybridized carbons (Fsp3) is 0.350. The van der Waals surface area contributed by atoms with Gasteiger partial charge in [0, 0.05) is 23.7 Å². The fourth-order valence-electron chi connectivity index (χ4n) is 3.61. The lowest BCUT2D eigenvalue weighted by molar-refractivity contribution is -0.131. The maximum Gasteiger partial charge on any atom is 0.227 e. The summed E-state index contributed by atoms with van der Waals surface area (Å²) in [6, 6.07) is 6.11. The average molecular weight is 335 g/mol. The lowest BCUT2D eigenvalue weighted by atomic mass is 10.1. The van der Waals surface area contributed by atoms with E-state index in [1.165, 1.54) is 0 Å². The van der Waals surface area contributed by atoms with Crippen molar-refractivity contribution in [3.05, 3.63) is 59.4 Å². The molecule has 0 saturated carbocycles. The molecule has 3 aromatic rings. The van der Waals surface area contributed by atoms with Crippen LogP contribution >= 0.6 is 0 Å². The van der Waals surface area contributed by atoms with Gasteiger partial charge in [0.1, 0.15) is 5.58 Å². The molecule has 5 heteroatoms. The number of carbonyl (C=O) groups excluding carboxylic acids is 1. The summed E-state index contributed by atoms with van der Waals surface area (Å²) in [6.07, 6.45) is 7.52. The van der Waals surface area contributed by atoms with Gasteiger partial charge in [0.05, 0.1) is 36.3 Å². The molecule has 25 heavy (non-hydrogen) atoms. The summed E-state index contributed by atoms with van der Waals surface area (Å²) in [7, 11) is 0. The Hall–Kier alpha value is -2.69. The number of rotatable bonds is 3. The molecular formula is C20H21N3O2. The molecule has 4 rings (SSSR count). The molecule has 1 fully saturated rings. The van der Waals surface area contributed by atoms with Crippen LogP contribution in [0.4, 0.5) is 0 Å². The van der Waals surface area contributed by atoms with Crippen molar-refractivity contribution in [1.29, 1.82) is 0 Å². The summed E-state index contributed by atoms with van der Waals surface area (Å²) < 4.78 is 5.63. The minimum atomic E-state index is 0.0281. The van der Waals surface area contributed by atoms with Gasteiger partial charge in [-0.3, -0.25) is 14.8 Å². The molecular weight excluding hydrogens is 314 g/mol. The van der Waals surface area contributed by atoms with E-state index in [0.717, 1.165) is 52.9 Å². The van der Waals surface area contributed by atoms with Crippen molar-refractivity contribution in [1.82, 2.24) is 14.9 Å². The number of aryl methyl sites for hydroxylation is 2. The van der Waals surface area contributed by atoms with Crippen LogP contribution in [-0.2, 0) is 11.2 Å². The van der Waals surface area contributed by atoms with Gasteiger partial charge in [-0.1, -0.05) is 12.1 Å². The first-order valence-electron chi connectivity index (χ1n) is 8.66. The summed E-state index contributed by atoms with van der Waals surface area (Å²) in [5.41, 5.74) is 4.70. The maximum absolute atomic E-state index is 12.9. The molecule has 1 aliphatic heterocycles. The highest BCUT2D eigenvalue weighted by atomic mass is 16.3. The number of hydrogen-bond donors (Lipinski definition) is 0. The monoisotopic (exact) mass is 335 g/mol. The van der Waals surface area contributed by atoms with Crippen molar-refractivity contribution in [3.63, 3.8) is 0 Å². The lowest BCUT2D eigenvalue weighted by Crippen LogP contribution is -2.32. The number of furan rings is 1. The normalized spacial score (nSPS) is 17.4. The summed E-state index contributed by atoms with van der Waals surface area (Å²) >= 11 is 0. The molecule has 2 aromatic heterocycles. The molecule has 1 atom stereocenters. The van der Waals surface area contributed by atoms with E-state index in [9.17, 15) is 4.79 Å². The zero-order chi connectivity index (χ0) is 17.4. The Bertz CT molecular complexity index is 932. The van der Waals surface area contributed by atoms with Crippen LogP contribution in [-0.4, -0.2) is 27.3 Å². The highest BCUT2D eigenvalue weighted by molar-refractivity contribution is 5.88. The smallest absolute Gasteiger partial charge is 0.227 e. The maximum atomic E-state index is 12.9. The van der Waals surface area contributed by atoms with Gasteiger partial charge >= 0.3 is 0 Å². The first-order chi connectivity index (χ1) is 12.1. The number of benzene rings is 1. The number of aromatic nitrogens is 2. The van der Waals surface area contributed by atoms with Gasteiger partial charge in [-0.15, -0.1) is 0 Å². The highest BCUT2D eigenvalue weighted by Crippen LogP contribution is 2.32. The molecule has 128 valence electrons. The summed E-state index contributed by atoms with van der Waals surface area (Å²) in [5, 5.41) is 1.02. The molecule has 0 spiro atoms. The van der Waals surface area contributed by atoms with Crippen LogP contribution < -0.4 is 0 Å². The number of carbonyl (C=O) groups is 1. The molecule has 1 saturated heterocycles. The number of fused-ring (bicyclic) bond motifs is 1. The second-order valence-electron chi connectivity index (χ2n) is 6.77. The van der Waals surface area contributed by atoms with Gasteiger partial charge in [-0.2, -0.15) is 0 Å². The second-order valence-corrected chi connectivity index (χ2v) is 6.77. The minimum absolute atomic E-state index is 0.0281. The summed E-state index contributed by atoms with van der Waals surface area (Å²) in [6.45, 7) is 4.73. The van der Waals surface area contributed by atoms with E-state index < -0.39 is 0 Å². The van der Waals surface area contributed by atoms with Crippen molar-refractivity contribution in [3.8, 4) is 0 Å². The molecule has 0 unspecified atom stereocenters. The van der Waals surface area contributed by atoms with E-state index in [-0.39, 0.29) is 11.9 Å². The first kappa shape index (κ1) is 15.8. The quantitative estimate of drug-likeness (QED) is 0.731. The number of nitrogens with zero attached hydrogens (tertiary/aromatic N) is 3. The van der Waals surface area contributed by atoms with Gasteiger partial charge in [-0.25, -0.2) is 0 Å². The summed E-state index contributed by atoms with van der Waals surface area (Å²) in [4.78, 5) is 23.7. The Balaban J connectivity index is 1.57. The molecule has 0 radical (unpaired) electrons. The first-order valence-corrected chi connectivity index (χ1v) is 8.66. The van der Waals surface area contributed by atoms with Crippen LogP contribution in [0.1, 0.15) is 41.4 Å². The lowest BCUT2D eigenvalue weighted by Gasteiger charge is -2.24. The van der Waals surface area contributed by atoms with Crippen molar-refractivity contribution in [2.75, 3.05) is 6.54 Å². The largest absolute Gasteiger partial charge is 0.464 e. The Labute approximate surface area is 146 Å². The molecule has 0 N–H and O–H groups in total. The zero-order valence-electron chi connectivity index (χ0n) is 14.5. The van der Waals surface area contributed by atoms with Crippen molar-refractivity contribution >= 4 is 16.9 Å². The summed E-state index contributed by atoms with van der Waals surface area (Å²) in [5.74, 6) is 0.120. The Morgan fingerprint density at radius 3 is 3.04 bits per heavy atom. The average Bonchev–Trinajstić information content (AvgIpc) is 3.22. The van der Waals surface area contributed by atoms with Crippen LogP contribution in [0.3, 0.4) is 0 Å². The molecule has 1 aromatic carbocycles. The van der Waals surface area contributed by atoms with E-state index in [4.69, 9.17) is 4.42 Å². The highest BCUT2D eigenvalue weighted by Gasteiger charge is 2.31. The SMILES string of the molecule is Cc1ccc2c(CC(=O)N3CCC[C@H]3c3cncc(C)n3)coc2c1. The minimum Gasteiger partial charge on any atom is -0.464 e. The number of likely N-dealkylation sites (tertiary alicyclic amines) is 1. The topological polar surface area (TPSA) is 59.2 Å². The number of hydrogen-bond acceptors (Lipinski definition) is 4. The molecule has 1 aliphatic rings. The third-order valence-electron chi connectivity index (χ3n) is 4.84. The van der Waals surface area contributed by atoms with Crippen LogP contribution in [0.15, 0.2) is 41.3 Å². The van der Waals surface area contributed by atoms with E-state index in [1.807, 2.05) is 36.9 Å². The van der Waals surface area contributed by atoms with Gasteiger partial charge in [0.15, 0.2) is 0 Å². The Morgan fingerprint density at radius 1 is 1.32 bits per heavy atom. The van der Waals surface area contributed by atoms with Crippen molar-refractivity contribution in [2.24, 2.45) is 0 Å². The van der Waals surface area contributed by atoms with Gasteiger partial charge < -0.3 is 9.32 Å². The van der Waals surface area contributed by atoms with Gasteiger partial charge in [0.25, 0.3) is 0 Å². The Kier molecular flexibility index (Phi) is 3.99. The Morgan fingerprint density at radius 2 is 2.20 bits per heavy atom. The van der Waals surface area contributed by atoms with Crippen LogP contribution in [0.2, 0.25) is 0 Å². The molecule has 5 nitrogen and oxygen atoms in total. The van der Waals surface area contributed by atoms with E-state index >= 15 is 0 Å². The van der Waals surface area contributed by atoms with Crippen molar-refractivity contribution < 1.29 is 9.21 Å². The van der Waals surface area contributed by atoms with E-state index in [2.05, 4.69) is 9.97 Å². The molecule has 0 bridgehead atoms. The van der Waals surface area contributed by atoms with E-state index in [0.29, 0.717) is 6.42 Å². The molecule has 1 amide bonds. The third-order valence-corrected chi connectivity index (χ3v) is 4.84. The van der Waals surface area contributed by atoms with Crippen molar-refractivity contribution in [2.45, 2.75) is 39.2 Å². The van der Waals surface area contributed by atoms with E-state index in [1.54, 1.807) is 18.7 Å². The predicted octanol–water partition coefficient (Wildman–Crippen LogP) is 3.75. The predicted molar refractivity (Wildman–Crippen MR) is 95.1 cm³/mol. The molecule has 3 heterocycles. The van der Waals surface area contributed by atoms with Gasteiger partial charge in [-0.05, 0) is 38.3 Å². The van der Waals surface area contributed by atoms with Crippen LogP contribution in [0.25, 0.3) is 11.0 Å². The molecule has 0 aliphatic carbocycles. The zero-order valence-corrected chi connectivity index (χ0v) is 14.5. The van der Waals surface area contributed by atoms with Crippen LogP contribution in [0.5, 0.6) is 0 Å². The third kappa shape index (κ3) is 3.02. The second kappa shape index (κ2) is 6.31. The van der Waals surface area contributed by atoms with Gasteiger partial charge in [0.2, 0.25) is 5.91 Å². The number of amides is 1. The van der Waals surface area contributed by atoms with Crippen LogP contribution in [0, 0.1) is 13.8 Å². The fourth-order valence-corrected chi connectivity index (χ4v) is 3.61.